The molecule has 1 unspecified atom stereocenters. The predicted octanol–water partition coefficient (Wildman–Crippen LogP) is 12.9. The van der Waals surface area contributed by atoms with Crippen molar-refractivity contribution < 1.29 is 4.57 Å². The van der Waals surface area contributed by atoms with Crippen LogP contribution < -0.4 is 15.9 Å². The molecule has 1 spiro atoms. The first-order valence-corrected chi connectivity index (χ1v) is 23.5. The maximum Gasteiger partial charge on any atom is 0.171 e. The molecular weight excluding hydrogens is 798 g/mol. The van der Waals surface area contributed by atoms with Gasteiger partial charge in [-0.2, -0.15) is 0 Å². The normalized spacial score (nSPS) is 14.7. The molecule has 11 aromatic rings. The second-order valence-electron chi connectivity index (χ2n) is 16.8. The first-order chi connectivity index (χ1) is 31.6. The molecule has 1 aliphatic heterocycles. The van der Waals surface area contributed by atoms with Gasteiger partial charge < -0.3 is 9.13 Å². The molecule has 0 bridgehead atoms. The quantitative estimate of drug-likeness (QED) is 0.157. The number of hydrogen-bond acceptors (Lipinski definition) is 3. The average molecular weight is 836 g/mol. The van der Waals surface area contributed by atoms with E-state index in [4.69, 9.17) is 9.97 Å². The number of hydrogen-bond donors (Lipinski definition) is 0. The minimum Gasteiger partial charge on any atom is -0.309 e. The number of aromatic nitrogens is 3. The summed E-state index contributed by atoms with van der Waals surface area (Å²) in [6.45, 7) is 0. The Labute approximate surface area is 371 Å². The molecule has 3 heterocycles. The summed E-state index contributed by atoms with van der Waals surface area (Å²) in [6.07, 6.45) is 0. The Balaban J connectivity index is 1.01. The topological polar surface area (TPSA) is 47.8 Å². The van der Waals surface area contributed by atoms with Crippen molar-refractivity contribution in [2.24, 2.45) is 0 Å². The van der Waals surface area contributed by atoms with Crippen molar-refractivity contribution in [3.05, 3.63) is 253 Å². The van der Waals surface area contributed by atoms with Gasteiger partial charge in [-0.1, -0.05) is 218 Å². The van der Waals surface area contributed by atoms with Gasteiger partial charge in [0.15, 0.2) is 13.0 Å². The van der Waals surface area contributed by atoms with E-state index < -0.39 is 12.6 Å². The van der Waals surface area contributed by atoms with Gasteiger partial charge in [0.05, 0.1) is 33.5 Å². The van der Waals surface area contributed by atoms with Crippen LogP contribution in [0.3, 0.4) is 0 Å². The van der Waals surface area contributed by atoms with E-state index in [0.717, 1.165) is 66.4 Å². The maximum absolute atomic E-state index is 15.1. The van der Waals surface area contributed by atoms with Gasteiger partial charge in [-0.15, -0.1) is 0 Å². The van der Waals surface area contributed by atoms with E-state index >= 15 is 4.57 Å². The van der Waals surface area contributed by atoms with Crippen LogP contribution in [0.25, 0.3) is 72.4 Å². The summed E-state index contributed by atoms with van der Waals surface area (Å²) in [6, 6.07) is 80.4. The molecule has 13 rings (SSSR count). The fourth-order valence-electron chi connectivity index (χ4n) is 10.7. The zero-order valence-corrected chi connectivity index (χ0v) is 35.5. The number of rotatable bonds is 6. The number of nitrogens with zero attached hydrogens (tertiary/aromatic N) is 3. The lowest BCUT2D eigenvalue weighted by atomic mass is 9.67. The summed E-state index contributed by atoms with van der Waals surface area (Å²) < 4.78 is 17.6. The molecule has 64 heavy (non-hydrogen) atoms. The lowest BCUT2D eigenvalue weighted by Crippen LogP contribution is -2.34. The number of benzene rings is 9. The van der Waals surface area contributed by atoms with E-state index in [9.17, 15) is 0 Å². The van der Waals surface area contributed by atoms with Gasteiger partial charge in [0.2, 0.25) is 0 Å². The second kappa shape index (κ2) is 14.1. The zero-order valence-electron chi connectivity index (χ0n) is 34.6. The lowest BCUT2D eigenvalue weighted by molar-refractivity contribution is 0.592. The Morgan fingerprint density at radius 1 is 0.406 bits per heavy atom. The summed E-state index contributed by atoms with van der Waals surface area (Å²) in [5, 5.41) is 4.93. The van der Waals surface area contributed by atoms with Crippen molar-refractivity contribution in [2.45, 2.75) is 5.41 Å². The third-order valence-corrected chi connectivity index (χ3v) is 16.6. The van der Waals surface area contributed by atoms with Crippen LogP contribution in [-0.4, -0.2) is 14.5 Å². The summed E-state index contributed by atoms with van der Waals surface area (Å²) >= 11 is 0. The largest absolute Gasteiger partial charge is 0.309 e. The second-order valence-corrected chi connectivity index (χ2v) is 19.5. The summed E-state index contributed by atoms with van der Waals surface area (Å²) in [5.74, 6) is 0.693. The SMILES string of the molecule is O=P(c1ccccc1)(c1ccccc1)c1ccc(-c2ccc(-c3nc(-c4ccccc4)nc4c3-c3ccccc3C43c4ccccc4-n4c5ccccc5c5cccc3c54)cc2)cc1. The minimum atomic E-state index is -3.09. The predicted molar refractivity (Wildman–Crippen MR) is 263 cm³/mol. The molecule has 2 aromatic heterocycles. The Morgan fingerprint density at radius 2 is 0.938 bits per heavy atom. The van der Waals surface area contributed by atoms with E-state index in [1.54, 1.807) is 0 Å². The molecule has 1 aliphatic carbocycles. The van der Waals surface area contributed by atoms with Crippen LogP contribution in [-0.2, 0) is 9.98 Å². The third-order valence-electron chi connectivity index (χ3n) is 13.5. The van der Waals surface area contributed by atoms with Gasteiger partial charge in [-0.05, 0) is 45.5 Å². The smallest absolute Gasteiger partial charge is 0.171 e. The van der Waals surface area contributed by atoms with Gasteiger partial charge in [0, 0.05) is 43.4 Å². The van der Waals surface area contributed by atoms with Crippen LogP contribution in [0.5, 0.6) is 0 Å². The Hall–Kier alpha value is -7.91. The zero-order chi connectivity index (χ0) is 42.4. The summed E-state index contributed by atoms with van der Waals surface area (Å²) in [5.41, 5.74) is 14.7. The monoisotopic (exact) mass is 835 g/mol. The van der Waals surface area contributed by atoms with Crippen molar-refractivity contribution in [2.75, 3.05) is 0 Å². The minimum absolute atomic E-state index is 0.693. The Morgan fingerprint density at radius 3 is 1.66 bits per heavy atom. The lowest BCUT2D eigenvalue weighted by Gasteiger charge is -2.38. The number of fused-ring (bicyclic) bond motifs is 12. The fraction of sp³-hybridized carbons (Fsp3) is 0.0169. The van der Waals surface area contributed by atoms with Gasteiger partial charge in [0.25, 0.3) is 0 Å². The van der Waals surface area contributed by atoms with E-state index in [1.807, 2.05) is 78.9 Å². The standard InChI is InChI=1S/C59H38N3OP/c63-64(43-19-6-2-7-20-43,44-21-8-3-9-22-44)45-37-35-40(36-38-45)39-31-33-41(34-32-39)55-54-48-24-10-12-26-49(48)59(57(54)61-58(60-55)42-17-4-1-5-18-42)50-27-13-15-30-53(50)62-52-29-14-11-23-46(52)47-25-16-28-51(59)56(47)62/h1-38H. The molecule has 0 amide bonds. The van der Waals surface area contributed by atoms with Crippen LogP contribution in [0.4, 0.5) is 0 Å². The molecule has 0 fully saturated rings. The molecule has 0 N–H and O–H groups in total. The Kier molecular flexibility index (Phi) is 8.06. The molecule has 1 atom stereocenters. The van der Waals surface area contributed by atoms with Crippen molar-refractivity contribution in [3.63, 3.8) is 0 Å². The number of para-hydroxylation sites is 3. The molecule has 0 saturated carbocycles. The van der Waals surface area contributed by atoms with E-state index in [2.05, 4.69) is 156 Å². The summed E-state index contributed by atoms with van der Waals surface area (Å²) in [4.78, 5) is 11.2. The molecular formula is C59H38N3OP. The maximum atomic E-state index is 15.1. The molecule has 300 valence electrons. The molecule has 4 nitrogen and oxygen atoms in total. The van der Waals surface area contributed by atoms with Gasteiger partial charge >= 0.3 is 0 Å². The highest BCUT2D eigenvalue weighted by molar-refractivity contribution is 7.85. The molecule has 2 aliphatic rings. The van der Waals surface area contributed by atoms with Crippen molar-refractivity contribution in [1.29, 1.82) is 0 Å². The van der Waals surface area contributed by atoms with Crippen molar-refractivity contribution in [1.82, 2.24) is 14.5 Å². The van der Waals surface area contributed by atoms with E-state index in [0.29, 0.717) is 5.82 Å². The highest BCUT2D eigenvalue weighted by Crippen LogP contribution is 2.62. The molecule has 5 heteroatoms. The highest BCUT2D eigenvalue weighted by Gasteiger charge is 2.53. The van der Waals surface area contributed by atoms with Gasteiger partial charge in [-0.25, -0.2) is 9.97 Å². The molecule has 9 aromatic carbocycles. The third kappa shape index (κ3) is 5.09. The van der Waals surface area contributed by atoms with Crippen LogP contribution in [0.2, 0.25) is 0 Å². The van der Waals surface area contributed by atoms with Crippen LogP contribution in [0.15, 0.2) is 231 Å². The first-order valence-electron chi connectivity index (χ1n) is 21.8. The average Bonchev–Trinajstić information content (AvgIpc) is 3.87. The van der Waals surface area contributed by atoms with E-state index in [-0.39, 0.29) is 0 Å². The molecule has 0 radical (unpaired) electrons. The molecule has 0 saturated heterocycles. The van der Waals surface area contributed by atoms with Crippen LogP contribution in [0.1, 0.15) is 22.4 Å². The van der Waals surface area contributed by atoms with Crippen LogP contribution >= 0.6 is 7.14 Å². The first kappa shape index (κ1) is 36.7. The summed E-state index contributed by atoms with van der Waals surface area (Å²) in [7, 11) is -3.09. The highest BCUT2D eigenvalue weighted by atomic mass is 31.2. The van der Waals surface area contributed by atoms with Crippen LogP contribution in [0, 0.1) is 0 Å². The van der Waals surface area contributed by atoms with E-state index in [1.165, 1.54) is 38.5 Å². The van der Waals surface area contributed by atoms with Gasteiger partial charge in [0.1, 0.15) is 0 Å². The van der Waals surface area contributed by atoms with Gasteiger partial charge in [-0.3, -0.25) is 0 Å². The Bertz CT molecular complexity index is 3630. The fourth-order valence-corrected chi connectivity index (χ4v) is 13.4. The van der Waals surface area contributed by atoms with Crippen molar-refractivity contribution in [3.8, 4) is 50.6 Å². The van der Waals surface area contributed by atoms with Crippen molar-refractivity contribution >= 4 is 44.9 Å².